The molecule has 0 amide bonds. The Labute approximate surface area is 109 Å². The summed E-state index contributed by atoms with van der Waals surface area (Å²) in [5.41, 5.74) is 0. The molecule has 5 nitrogen and oxygen atoms in total. The summed E-state index contributed by atoms with van der Waals surface area (Å²) in [6.45, 7) is 1.55. The van der Waals surface area contributed by atoms with Crippen molar-refractivity contribution in [1.82, 2.24) is 4.72 Å². The predicted molar refractivity (Wildman–Crippen MR) is 67.7 cm³/mol. The number of hydrogen-bond acceptors (Lipinski definition) is 5. The Kier molecular flexibility index (Phi) is 3.86. The zero-order chi connectivity index (χ0) is 13.2. The highest BCUT2D eigenvalue weighted by Gasteiger charge is 2.20. The minimum Gasteiger partial charge on any atom is -0.468 e. The summed E-state index contributed by atoms with van der Waals surface area (Å²) in [5, 5.41) is 10.4. The summed E-state index contributed by atoms with van der Waals surface area (Å²) in [4.78, 5) is 0.774. The normalized spacial score (nSPS) is 13.7. The van der Waals surface area contributed by atoms with Crippen LogP contribution in [0, 0.1) is 0 Å². The van der Waals surface area contributed by atoms with Crippen molar-refractivity contribution in [1.29, 1.82) is 0 Å². The van der Waals surface area contributed by atoms with Crippen molar-refractivity contribution in [3.05, 3.63) is 40.5 Å². The first-order chi connectivity index (χ1) is 8.53. The van der Waals surface area contributed by atoms with Crippen molar-refractivity contribution >= 4 is 21.4 Å². The number of sulfonamides is 1. The second-order valence-electron chi connectivity index (χ2n) is 3.77. The van der Waals surface area contributed by atoms with Gasteiger partial charge in [-0.05, 0) is 25.1 Å². The van der Waals surface area contributed by atoms with Crippen LogP contribution in [0.1, 0.15) is 23.6 Å². The maximum Gasteiger partial charge on any atom is 0.242 e. The first-order valence-electron chi connectivity index (χ1n) is 5.27. The Morgan fingerprint density at radius 3 is 2.89 bits per heavy atom. The van der Waals surface area contributed by atoms with Crippen molar-refractivity contribution in [3.63, 3.8) is 0 Å². The molecule has 1 atom stereocenters. The van der Waals surface area contributed by atoms with E-state index in [0.717, 1.165) is 0 Å². The number of thiophene rings is 1. The molecule has 2 heterocycles. The van der Waals surface area contributed by atoms with Gasteiger partial charge in [-0.15, -0.1) is 11.3 Å². The molecule has 0 radical (unpaired) electrons. The Morgan fingerprint density at radius 2 is 2.33 bits per heavy atom. The summed E-state index contributed by atoms with van der Waals surface area (Å²) < 4.78 is 31.7. The fraction of sp³-hybridized carbons (Fsp3) is 0.273. The first-order valence-corrected chi connectivity index (χ1v) is 7.63. The van der Waals surface area contributed by atoms with E-state index in [9.17, 15) is 8.42 Å². The zero-order valence-electron chi connectivity index (χ0n) is 9.66. The van der Waals surface area contributed by atoms with Gasteiger partial charge in [0.2, 0.25) is 10.0 Å². The van der Waals surface area contributed by atoms with Crippen LogP contribution in [-0.2, 0) is 16.6 Å². The smallest absolute Gasteiger partial charge is 0.242 e. The van der Waals surface area contributed by atoms with Crippen molar-refractivity contribution in [2.45, 2.75) is 24.5 Å². The molecule has 2 aromatic rings. The number of aliphatic hydroxyl groups is 1. The molecule has 0 spiro atoms. The average molecular weight is 287 g/mol. The maximum absolute atomic E-state index is 12.0. The highest BCUT2D eigenvalue weighted by Crippen LogP contribution is 2.21. The van der Waals surface area contributed by atoms with Gasteiger partial charge in [0.15, 0.2) is 0 Å². The van der Waals surface area contributed by atoms with Gasteiger partial charge >= 0.3 is 0 Å². The molecule has 0 aliphatic carbocycles. The Morgan fingerprint density at radius 1 is 1.56 bits per heavy atom. The topological polar surface area (TPSA) is 79.5 Å². The lowest BCUT2D eigenvalue weighted by atomic mass is 10.3. The molecule has 0 saturated heterocycles. The van der Waals surface area contributed by atoms with E-state index < -0.39 is 16.1 Å². The van der Waals surface area contributed by atoms with E-state index in [2.05, 4.69) is 4.72 Å². The summed E-state index contributed by atoms with van der Waals surface area (Å²) in [6.07, 6.45) is 1.49. The van der Waals surface area contributed by atoms with Crippen LogP contribution in [0.4, 0.5) is 0 Å². The van der Waals surface area contributed by atoms with Gasteiger partial charge in [0.1, 0.15) is 5.76 Å². The lowest BCUT2D eigenvalue weighted by Crippen LogP contribution is -2.26. The second-order valence-corrected chi connectivity index (χ2v) is 6.47. The molecule has 0 saturated carbocycles. The van der Waals surface area contributed by atoms with Crippen LogP contribution >= 0.6 is 11.3 Å². The van der Waals surface area contributed by atoms with Gasteiger partial charge < -0.3 is 9.52 Å². The number of furan rings is 1. The van der Waals surface area contributed by atoms with Crippen LogP contribution in [0.2, 0.25) is 0 Å². The lowest BCUT2D eigenvalue weighted by molar-refractivity contribution is 0.285. The van der Waals surface area contributed by atoms with Gasteiger partial charge in [-0.1, -0.05) is 0 Å². The maximum atomic E-state index is 12.0. The molecule has 0 bridgehead atoms. The van der Waals surface area contributed by atoms with E-state index in [1.807, 2.05) is 0 Å². The molecule has 7 heteroatoms. The van der Waals surface area contributed by atoms with Crippen molar-refractivity contribution < 1.29 is 17.9 Å². The van der Waals surface area contributed by atoms with Crippen LogP contribution in [0.15, 0.2) is 39.2 Å². The summed E-state index contributed by atoms with van der Waals surface area (Å²) in [7, 11) is -3.59. The van der Waals surface area contributed by atoms with Crippen molar-refractivity contribution in [2.24, 2.45) is 0 Å². The highest BCUT2D eigenvalue weighted by molar-refractivity contribution is 7.89. The van der Waals surface area contributed by atoms with E-state index in [1.165, 1.54) is 29.0 Å². The standard InChI is InChI=1S/C11H13NO4S2/c1-8(11-3-2-4-16-11)12-18(14,15)10-5-9(6-13)17-7-10/h2-5,7-8,12-13H,6H2,1H3. The number of aliphatic hydroxyl groups excluding tert-OH is 1. The third kappa shape index (κ3) is 2.81. The molecule has 2 rings (SSSR count). The third-order valence-corrected chi connectivity index (χ3v) is 4.99. The van der Waals surface area contributed by atoms with Gasteiger partial charge in [-0.3, -0.25) is 0 Å². The number of rotatable bonds is 5. The van der Waals surface area contributed by atoms with E-state index in [0.29, 0.717) is 10.6 Å². The number of nitrogens with one attached hydrogen (secondary N) is 1. The molecule has 98 valence electrons. The quantitative estimate of drug-likeness (QED) is 0.880. The van der Waals surface area contributed by atoms with E-state index in [4.69, 9.17) is 9.52 Å². The summed E-state index contributed by atoms with van der Waals surface area (Å²) in [6, 6.07) is 4.43. The second kappa shape index (κ2) is 5.23. The SMILES string of the molecule is CC(NS(=O)(=O)c1csc(CO)c1)c1ccco1. The summed E-state index contributed by atoms with van der Waals surface area (Å²) >= 11 is 1.21. The Balaban J connectivity index is 2.17. The molecular weight excluding hydrogens is 274 g/mol. The Bertz CT molecular complexity index is 601. The lowest BCUT2D eigenvalue weighted by Gasteiger charge is -2.10. The average Bonchev–Trinajstić information content (AvgIpc) is 3.00. The molecule has 0 aromatic carbocycles. The van der Waals surface area contributed by atoms with Crippen LogP contribution in [-0.4, -0.2) is 13.5 Å². The molecule has 0 aliphatic heterocycles. The Hall–Kier alpha value is -1.15. The highest BCUT2D eigenvalue weighted by atomic mass is 32.2. The van der Waals surface area contributed by atoms with Gasteiger partial charge in [-0.2, -0.15) is 0 Å². The van der Waals surface area contributed by atoms with Gasteiger partial charge in [0.05, 0.1) is 23.8 Å². The van der Waals surface area contributed by atoms with Crippen LogP contribution < -0.4 is 4.72 Å². The molecule has 2 N–H and O–H groups in total. The van der Waals surface area contributed by atoms with Crippen LogP contribution in [0.25, 0.3) is 0 Å². The molecule has 2 aromatic heterocycles. The fourth-order valence-corrected chi connectivity index (χ4v) is 3.83. The minimum absolute atomic E-state index is 0.159. The predicted octanol–water partition coefficient (Wildman–Crippen LogP) is 1.87. The summed E-state index contributed by atoms with van der Waals surface area (Å²) in [5.74, 6) is 0.552. The van der Waals surface area contributed by atoms with Crippen LogP contribution in [0.5, 0.6) is 0 Å². The molecule has 0 fully saturated rings. The zero-order valence-corrected chi connectivity index (χ0v) is 11.3. The first kappa shape index (κ1) is 13.3. The third-order valence-electron chi connectivity index (χ3n) is 2.40. The fourth-order valence-electron chi connectivity index (χ4n) is 1.48. The van der Waals surface area contributed by atoms with E-state index in [1.54, 1.807) is 19.1 Å². The van der Waals surface area contributed by atoms with Gasteiger partial charge in [0, 0.05) is 10.3 Å². The van der Waals surface area contributed by atoms with Gasteiger partial charge in [-0.25, -0.2) is 13.1 Å². The monoisotopic (exact) mass is 287 g/mol. The van der Waals surface area contributed by atoms with Crippen molar-refractivity contribution in [3.8, 4) is 0 Å². The molecule has 1 unspecified atom stereocenters. The molecule has 18 heavy (non-hydrogen) atoms. The van der Waals surface area contributed by atoms with Crippen molar-refractivity contribution in [2.75, 3.05) is 0 Å². The molecule has 0 aliphatic rings. The van der Waals surface area contributed by atoms with E-state index in [-0.39, 0.29) is 11.5 Å². The number of hydrogen-bond donors (Lipinski definition) is 2. The molecular formula is C11H13NO4S2. The van der Waals surface area contributed by atoms with Crippen LogP contribution in [0.3, 0.4) is 0 Å². The van der Waals surface area contributed by atoms with E-state index >= 15 is 0 Å². The minimum atomic E-state index is -3.59. The largest absolute Gasteiger partial charge is 0.468 e. The van der Waals surface area contributed by atoms with Gasteiger partial charge in [0.25, 0.3) is 0 Å².